The topological polar surface area (TPSA) is 138 Å². The van der Waals surface area contributed by atoms with Gasteiger partial charge in [-0.05, 0) is 64.4 Å². The van der Waals surface area contributed by atoms with Crippen LogP contribution in [0, 0.1) is 13.8 Å². The fourth-order valence-electron chi connectivity index (χ4n) is 4.72. The summed E-state index contributed by atoms with van der Waals surface area (Å²) in [5.41, 5.74) is 11.2. The summed E-state index contributed by atoms with van der Waals surface area (Å²) in [5.74, 6) is 0.345. The Kier molecular flexibility index (Phi) is 6.90. The van der Waals surface area contributed by atoms with Crippen LogP contribution in [0.15, 0.2) is 58.3 Å². The second kappa shape index (κ2) is 10.3. The van der Waals surface area contributed by atoms with E-state index in [1.807, 2.05) is 64.2 Å². The van der Waals surface area contributed by atoms with Gasteiger partial charge in [0.05, 0.1) is 22.4 Å². The van der Waals surface area contributed by atoms with E-state index in [9.17, 15) is 9.59 Å². The molecule has 3 heterocycles. The van der Waals surface area contributed by atoms with Crippen LogP contribution < -0.4 is 21.5 Å². The summed E-state index contributed by atoms with van der Waals surface area (Å²) >= 11 is 0. The standard InChI is InChI=1S/C29H32N8O3/c1-7-23(38)31-20-10-9-18(15-21(20)36(6)13-12-35(4)5)37-26(24-25(34-37)29(39)33-32-28(24)30)27-17(3)19-14-16(2)8-11-22(19)40-27/h7-11,14-15H,1,12-13H2,2-6H3,(H2,30,32)(H,31,38)(H,33,39). The molecular formula is C29H32N8O3. The van der Waals surface area contributed by atoms with Gasteiger partial charge in [0, 0.05) is 31.1 Å². The Labute approximate surface area is 230 Å². The molecule has 3 aromatic heterocycles. The monoisotopic (exact) mass is 540 g/mol. The summed E-state index contributed by atoms with van der Waals surface area (Å²) in [5, 5.41) is 15.4. The molecule has 206 valence electrons. The van der Waals surface area contributed by atoms with E-state index >= 15 is 0 Å². The molecule has 1 amide bonds. The van der Waals surface area contributed by atoms with E-state index in [1.54, 1.807) is 10.7 Å². The highest BCUT2D eigenvalue weighted by Crippen LogP contribution is 2.40. The Balaban J connectivity index is 1.78. The molecule has 0 aliphatic heterocycles. The fourth-order valence-corrected chi connectivity index (χ4v) is 4.72. The second-order valence-corrected chi connectivity index (χ2v) is 10.1. The number of fused-ring (bicyclic) bond motifs is 2. The number of aromatic amines is 1. The molecule has 0 spiro atoms. The highest BCUT2D eigenvalue weighted by atomic mass is 16.3. The van der Waals surface area contributed by atoms with Gasteiger partial charge in [-0.3, -0.25) is 9.59 Å². The summed E-state index contributed by atoms with van der Waals surface area (Å²) in [6.07, 6.45) is 1.23. The Bertz CT molecular complexity index is 1830. The van der Waals surface area contributed by atoms with Crippen molar-refractivity contribution in [2.75, 3.05) is 50.2 Å². The molecule has 0 radical (unpaired) electrons. The zero-order valence-corrected chi connectivity index (χ0v) is 23.2. The minimum atomic E-state index is -0.466. The van der Waals surface area contributed by atoms with Crippen LogP contribution in [-0.4, -0.2) is 65.0 Å². The van der Waals surface area contributed by atoms with Crippen molar-refractivity contribution in [2.45, 2.75) is 13.8 Å². The van der Waals surface area contributed by atoms with Crippen molar-refractivity contribution in [1.29, 1.82) is 0 Å². The van der Waals surface area contributed by atoms with Crippen molar-refractivity contribution >= 4 is 45.0 Å². The largest absolute Gasteiger partial charge is 0.454 e. The molecule has 4 N–H and O–H groups in total. The van der Waals surface area contributed by atoms with E-state index in [0.29, 0.717) is 40.3 Å². The molecule has 40 heavy (non-hydrogen) atoms. The highest BCUT2D eigenvalue weighted by Gasteiger charge is 2.26. The molecule has 0 aliphatic carbocycles. The third-order valence-electron chi connectivity index (χ3n) is 6.90. The van der Waals surface area contributed by atoms with E-state index in [4.69, 9.17) is 15.2 Å². The number of likely N-dealkylation sites (N-methyl/N-ethyl adjacent to an activating group) is 2. The smallest absolute Gasteiger partial charge is 0.292 e. The van der Waals surface area contributed by atoms with Crippen molar-refractivity contribution in [2.24, 2.45) is 0 Å². The molecule has 0 fully saturated rings. The zero-order valence-electron chi connectivity index (χ0n) is 23.2. The Morgan fingerprint density at radius 2 is 1.95 bits per heavy atom. The number of nitrogens with zero attached hydrogens (tertiary/aromatic N) is 5. The highest BCUT2D eigenvalue weighted by molar-refractivity contribution is 6.03. The summed E-state index contributed by atoms with van der Waals surface area (Å²) in [6, 6.07) is 11.5. The number of amides is 1. The predicted octanol–water partition coefficient (Wildman–Crippen LogP) is 3.84. The maximum Gasteiger partial charge on any atom is 0.292 e. The number of hydrogen-bond acceptors (Lipinski definition) is 8. The van der Waals surface area contributed by atoms with E-state index in [0.717, 1.165) is 28.7 Å². The zero-order chi connectivity index (χ0) is 28.7. The van der Waals surface area contributed by atoms with Gasteiger partial charge in [-0.15, -0.1) is 0 Å². The molecule has 5 aromatic rings. The molecule has 0 bridgehead atoms. The van der Waals surface area contributed by atoms with Crippen molar-refractivity contribution in [3.05, 3.63) is 70.5 Å². The molecule has 0 unspecified atom stereocenters. The number of nitrogens with one attached hydrogen (secondary N) is 2. The minimum Gasteiger partial charge on any atom is -0.454 e. The fraction of sp³-hybridized carbons (Fsp3) is 0.241. The van der Waals surface area contributed by atoms with Crippen LogP contribution in [0.25, 0.3) is 39.0 Å². The number of furan rings is 1. The van der Waals surface area contributed by atoms with Gasteiger partial charge >= 0.3 is 0 Å². The van der Waals surface area contributed by atoms with E-state index in [1.165, 1.54) is 6.08 Å². The second-order valence-electron chi connectivity index (χ2n) is 10.1. The van der Waals surface area contributed by atoms with Gasteiger partial charge in [0.1, 0.15) is 11.3 Å². The number of carbonyl (C=O) groups is 1. The number of rotatable bonds is 8. The average Bonchev–Trinajstić information content (AvgIpc) is 3.48. The molecule has 11 heteroatoms. The van der Waals surface area contributed by atoms with Crippen LogP contribution in [0.1, 0.15) is 11.1 Å². The Hall–Kier alpha value is -4.90. The number of nitrogen functional groups attached to an aromatic ring is 1. The van der Waals surface area contributed by atoms with Gasteiger partial charge in [-0.25, -0.2) is 9.78 Å². The Morgan fingerprint density at radius 3 is 2.67 bits per heavy atom. The third-order valence-corrected chi connectivity index (χ3v) is 6.90. The molecule has 11 nitrogen and oxygen atoms in total. The molecular weight excluding hydrogens is 508 g/mol. The average molecular weight is 541 g/mol. The molecule has 0 saturated carbocycles. The molecule has 0 atom stereocenters. The molecule has 5 rings (SSSR count). The van der Waals surface area contributed by atoms with Crippen molar-refractivity contribution < 1.29 is 9.21 Å². The van der Waals surface area contributed by atoms with Crippen LogP contribution in [-0.2, 0) is 4.79 Å². The quantitative estimate of drug-likeness (QED) is 0.252. The van der Waals surface area contributed by atoms with E-state index < -0.39 is 5.56 Å². The lowest BCUT2D eigenvalue weighted by Gasteiger charge is -2.25. The van der Waals surface area contributed by atoms with E-state index in [-0.39, 0.29) is 17.2 Å². The lowest BCUT2D eigenvalue weighted by atomic mass is 10.1. The van der Waals surface area contributed by atoms with Crippen molar-refractivity contribution in [3.63, 3.8) is 0 Å². The number of aromatic nitrogens is 4. The summed E-state index contributed by atoms with van der Waals surface area (Å²) in [4.78, 5) is 29.2. The van der Waals surface area contributed by atoms with Gasteiger partial charge in [0.2, 0.25) is 5.91 Å². The number of nitrogens with two attached hydrogens (primary N) is 1. The summed E-state index contributed by atoms with van der Waals surface area (Å²) in [6.45, 7) is 9.04. The number of aryl methyl sites for hydroxylation is 2. The van der Waals surface area contributed by atoms with Crippen molar-refractivity contribution in [1.82, 2.24) is 24.9 Å². The van der Waals surface area contributed by atoms with Gasteiger partial charge < -0.3 is 25.3 Å². The van der Waals surface area contributed by atoms with Crippen LogP contribution in [0.4, 0.5) is 17.2 Å². The number of carbonyl (C=O) groups excluding carboxylic acids is 1. The predicted molar refractivity (Wildman–Crippen MR) is 159 cm³/mol. The first-order valence-corrected chi connectivity index (χ1v) is 12.8. The van der Waals surface area contributed by atoms with Crippen LogP contribution in [0.3, 0.4) is 0 Å². The van der Waals surface area contributed by atoms with Crippen LogP contribution in [0.2, 0.25) is 0 Å². The van der Waals surface area contributed by atoms with Gasteiger partial charge in [-0.1, -0.05) is 18.2 Å². The summed E-state index contributed by atoms with van der Waals surface area (Å²) < 4.78 is 8.01. The van der Waals surface area contributed by atoms with E-state index in [2.05, 4.69) is 33.1 Å². The first-order valence-electron chi connectivity index (χ1n) is 12.8. The van der Waals surface area contributed by atoms with Gasteiger partial charge in [0.15, 0.2) is 17.1 Å². The Morgan fingerprint density at radius 1 is 1.18 bits per heavy atom. The normalized spacial score (nSPS) is 11.4. The van der Waals surface area contributed by atoms with Crippen LogP contribution >= 0.6 is 0 Å². The lowest BCUT2D eigenvalue weighted by Crippen LogP contribution is -2.29. The number of anilines is 3. The molecule has 0 aliphatic rings. The van der Waals surface area contributed by atoms with Gasteiger partial charge in [-0.2, -0.15) is 10.2 Å². The maximum absolute atomic E-state index is 12.8. The molecule has 2 aromatic carbocycles. The van der Waals surface area contributed by atoms with Crippen molar-refractivity contribution in [3.8, 4) is 17.1 Å². The first-order chi connectivity index (χ1) is 19.1. The lowest BCUT2D eigenvalue weighted by molar-refractivity contribution is -0.111. The number of hydrogen-bond donors (Lipinski definition) is 3. The number of benzene rings is 2. The minimum absolute atomic E-state index is 0.130. The third kappa shape index (κ3) is 4.71. The number of H-pyrrole nitrogens is 1. The first kappa shape index (κ1) is 26.7. The van der Waals surface area contributed by atoms with Gasteiger partial charge in [0.25, 0.3) is 5.56 Å². The van der Waals surface area contributed by atoms with Crippen LogP contribution in [0.5, 0.6) is 0 Å². The maximum atomic E-state index is 12.8. The SMILES string of the molecule is C=CC(=O)Nc1ccc(-n2nc3c(=O)[nH]nc(N)c3c2-c2oc3ccc(C)cc3c2C)cc1N(C)CCN(C)C. The molecule has 0 saturated heterocycles. The summed E-state index contributed by atoms with van der Waals surface area (Å²) in [7, 11) is 5.95.